The summed E-state index contributed by atoms with van der Waals surface area (Å²) in [5, 5.41) is 16.7. The number of aromatic hydroxyl groups is 1. The third-order valence-electron chi connectivity index (χ3n) is 4.16. The first-order chi connectivity index (χ1) is 13.2. The summed E-state index contributed by atoms with van der Waals surface area (Å²) in [7, 11) is 3.22. The molecule has 0 spiro atoms. The lowest BCUT2D eigenvalue weighted by atomic mass is 10.1. The predicted molar refractivity (Wildman–Crippen MR) is 109 cm³/mol. The molecule has 146 valence electrons. The molecule has 2 rings (SSSR count). The minimum absolute atomic E-state index is 0.188. The van der Waals surface area contributed by atoms with Crippen molar-refractivity contribution in [1.82, 2.24) is 10.6 Å². The molecule has 6 heteroatoms. The molecule has 0 amide bonds. The van der Waals surface area contributed by atoms with Crippen LogP contribution in [0.2, 0.25) is 0 Å². The number of phenolic OH excluding ortho intramolecular Hbond substituents is 1. The van der Waals surface area contributed by atoms with E-state index in [1.165, 1.54) is 5.56 Å². The summed E-state index contributed by atoms with van der Waals surface area (Å²) < 4.78 is 10.3. The van der Waals surface area contributed by atoms with Crippen LogP contribution in [0.5, 0.6) is 17.2 Å². The SMILES string of the molecule is CCNC(=NCCc1cccc(OC)c1O)NCCc1ccc(OC)cc1. The molecule has 0 atom stereocenters. The highest BCUT2D eigenvalue weighted by atomic mass is 16.5. The molecular weight excluding hydrogens is 342 g/mol. The third kappa shape index (κ3) is 6.40. The van der Waals surface area contributed by atoms with E-state index in [0.29, 0.717) is 18.7 Å². The molecule has 0 bridgehead atoms. The molecule has 0 radical (unpaired) electrons. The van der Waals surface area contributed by atoms with Gasteiger partial charge in [0.25, 0.3) is 0 Å². The predicted octanol–water partition coefficient (Wildman–Crippen LogP) is 2.75. The first kappa shape index (κ1) is 20.4. The number of nitrogens with one attached hydrogen (secondary N) is 2. The Balaban J connectivity index is 1.86. The fourth-order valence-corrected chi connectivity index (χ4v) is 2.68. The average molecular weight is 371 g/mol. The monoisotopic (exact) mass is 371 g/mol. The van der Waals surface area contributed by atoms with Crippen LogP contribution in [0.25, 0.3) is 0 Å². The van der Waals surface area contributed by atoms with Crippen LogP contribution in [-0.2, 0) is 12.8 Å². The molecule has 2 aromatic carbocycles. The molecule has 27 heavy (non-hydrogen) atoms. The molecule has 0 saturated carbocycles. The zero-order valence-electron chi connectivity index (χ0n) is 16.3. The number of guanidine groups is 1. The molecule has 0 aliphatic carbocycles. The summed E-state index contributed by atoms with van der Waals surface area (Å²) in [5.41, 5.74) is 2.06. The van der Waals surface area contributed by atoms with Crippen LogP contribution in [0.3, 0.4) is 0 Å². The number of methoxy groups -OCH3 is 2. The fourth-order valence-electron chi connectivity index (χ4n) is 2.68. The maximum Gasteiger partial charge on any atom is 0.191 e. The van der Waals surface area contributed by atoms with Gasteiger partial charge in [-0.05, 0) is 49.1 Å². The number of nitrogens with zero attached hydrogens (tertiary/aromatic N) is 1. The summed E-state index contributed by atoms with van der Waals surface area (Å²) in [6.07, 6.45) is 1.53. The second-order valence-electron chi connectivity index (χ2n) is 6.00. The summed E-state index contributed by atoms with van der Waals surface area (Å²) >= 11 is 0. The quantitative estimate of drug-likeness (QED) is 0.467. The van der Waals surface area contributed by atoms with Crippen molar-refractivity contribution in [2.75, 3.05) is 33.9 Å². The minimum atomic E-state index is 0.188. The van der Waals surface area contributed by atoms with Crippen molar-refractivity contribution < 1.29 is 14.6 Å². The lowest BCUT2D eigenvalue weighted by Gasteiger charge is -2.12. The Morgan fingerprint density at radius 2 is 1.78 bits per heavy atom. The van der Waals surface area contributed by atoms with Gasteiger partial charge in [-0.25, -0.2) is 0 Å². The van der Waals surface area contributed by atoms with E-state index in [4.69, 9.17) is 9.47 Å². The fraction of sp³-hybridized carbons (Fsp3) is 0.381. The molecule has 0 saturated heterocycles. The highest BCUT2D eigenvalue weighted by Crippen LogP contribution is 2.29. The average Bonchev–Trinajstić information content (AvgIpc) is 2.70. The first-order valence-electron chi connectivity index (χ1n) is 9.17. The van der Waals surface area contributed by atoms with E-state index in [1.54, 1.807) is 20.3 Å². The van der Waals surface area contributed by atoms with E-state index >= 15 is 0 Å². The Morgan fingerprint density at radius 3 is 2.44 bits per heavy atom. The Kier molecular flexibility index (Phi) is 8.29. The zero-order chi connectivity index (χ0) is 19.5. The zero-order valence-corrected chi connectivity index (χ0v) is 16.3. The molecule has 0 aromatic heterocycles. The smallest absolute Gasteiger partial charge is 0.191 e. The Morgan fingerprint density at radius 1 is 1.00 bits per heavy atom. The molecular formula is C21H29N3O3. The van der Waals surface area contributed by atoms with Crippen LogP contribution in [0, 0.1) is 0 Å². The van der Waals surface area contributed by atoms with Gasteiger partial charge in [-0.3, -0.25) is 4.99 Å². The number of ether oxygens (including phenoxy) is 2. The summed E-state index contributed by atoms with van der Waals surface area (Å²) in [5.74, 6) is 2.31. The molecule has 2 aromatic rings. The van der Waals surface area contributed by atoms with Gasteiger partial charge in [0.05, 0.1) is 14.2 Å². The molecule has 6 nitrogen and oxygen atoms in total. The Bertz CT molecular complexity index is 730. The highest BCUT2D eigenvalue weighted by Gasteiger charge is 2.06. The second kappa shape index (κ2) is 11.0. The standard InChI is InChI=1S/C21H29N3O3/c1-4-22-21(23-14-12-16-8-10-18(26-2)11-9-16)24-15-13-17-6-5-7-19(27-3)20(17)25/h5-11,25H,4,12-15H2,1-3H3,(H2,22,23,24). The van der Waals surface area contributed by atoms with Crippen molar-refractivity contribution in [1.29, 1.82) is 0 Å². The van der Waals surface area contributed by atoms with Crippen LogP contribution in [0.4, 0.5) is 0 Å². The largest absolute Gasteiger partial charge is 0.504 e. The van der Waals surface area contributed by atoms with Gasteiger partial charge in [-0.2, -0.15) is 0 Å². The number of rotatable bonds is 9. The van der Waals surface area contributed by atoms with Crippen LogP contribution in [0.15, 0.2) is 47.5 Å². The normalized spacial score (nSPS) is 11.1. The number of hydrogen-bond acceptors (Lipinski definition) is 4. The van der Waals surface area contributed by atoms with Crippen molar-refractivity contribution in [3.8, 4) is 17.2 Å². The topological polar surface area (TPSA) is 75.1 Å². The van der Waals surface area contributed by atoms with Crippen molar-refractivity contribution in [3.05, 3.63) is 53.6 Å². The molecule has 0 aliphatic heterocycles. The lowest BCUT2D eigenvalue weighted by Crippen LogP contribution is -2.38. The maximum absolute atomic E-state index is 10.1. The second-order valence-corrected chi connectivity index (χ2v) is 6.00. The summed E-state index contributed by atoms with van der Waals surface area (Å²) in [4.78, 5) is 4.59. The molecule has 0 unspecified atom stereocenters. The van der Waals surface area contributed by atoms with Gasteiger partial charge in [0.15, 0.2) is 17.5 Å². The lowest BCUT2D eigenvalue weighted by molar-refractivity contribution is 0.370. The minimum Gasteiger partial charge on any atom is -0.504 e. The van der Waals surface area contributed by atoms with Crippen molar-refractivity contribution in [2.45, 2.75) is 19.8 Å². The van der Waals surface area contributed by atoms with E-state index in [0.717, 1.165) is 36.8 Å². The third-order valence-corrected chi connectivity index (χ3v) is 4.16. The van der Waals surface area contributed by atoms with Crippen LogP contribution >= 0.6 is 0 Å². The number of para-hydroxylation sites is 1. The molecule has 0 heterocycles. The molecule has 0 aliphatic rings. The van der Waals surface area contributed by atoms with E-state index in [-0.39, 0.29) is 5.75 Å². The summed E-state index contributed by atoms with van der Waals surface area (Å²) in [6, 6.07) is 13.6. The number of aliphatic imine (C=N–C) groups is 1. The van der Waals surface area contributed by atoms with Gasteiger partial charge in [0.1, 0.15) is 5.75 Å². The Hall–Kier alpha value is -2.89. The summed E-state index contributed by atoms with van der Waals surface area (Å²) in [6.45, 7) is 4.18. The number of benzene rings is 2. The van der Waals surface area contributed by atoms with Crippen LogP contribution in [0.1, 0.15) is 18.1 Å². The number of hydrogen-bond donors (Lipinski definition) is 3. The molecule has 0 fully saturated rings. The molecule has 3 N–H and O–H groups in total. The van der Waals surface area contributed by atoms with Gasteiger partial charge in [-0.15, -0.1) is 0 Å². The van der Waals surface area contributed by atoms with E-state index in [9.17, 15) is 5.11 Å². The number of phenols is 1. The first-order valence-corrected chi connectivity index (χ1v) is 9.17. The van der Waals surface area contributed by atoms with Crippen LogP contribution in [-0.4, -0.2) is 44.9 Å². The van der Waals surface area contributed by atoms with E-state index in [2.05, 4.69) is 27.8 Å². The van der Waals surface area contributed by atoms with Gasteiger partial charge in [-0.1, -0.05) is 24.3 Å². The van der Waals surface area contributed by atoms with Gasteiger partial charge < -0.3 is 25.2 Å². The van der Waals surface area contributed by atoms with Gasteiger partial charge in [0.2, 0.25) is 0 Å². The van der Waals surface area contributed by atoms with Gasteiger partial charge in [0, 0.05) is 19.6 Å². The van der Waals surface area contributed by atoms with E-state index in [1.807, 2.05) is 31.2 Å². The van der Waals surface area contributed by atoms with E-state index < -0.39 is 0 Å². The van der Waals surface area contributed by atoms with Crippen molar-refractivity contribution in [2.24, 2.45) is 4.99 Å². The van der Waals surface area contributed by atoms with Crippen molar-refractivity contribution >= 4 is 5.96 Å². The van der Waals surface area contributed by atoms with Crippen molar-refractivity contribution in [3.63, 3.8) is 0 Å². The van der Waals surface area contributed by atoms with Crippen LogP contribution < -0.4 is 20.1 Å². The van der Waals surface area contributed by atoms with Gasteiger partial charge >= 0.3 is 0 Å². The Labute approximate surface area is 161 Å². The maximum atomic E-state index is 10.1. The highest BCUT2D eigenvalue weighted by molar-refractivity contribution is 5.79.